The molecule has 4 heteroatoms. The molecule has 0 saturated carbocycles. The van der Waals surface area contributed by atoms with Crippen LogP contribution >= 0.6 is 0 Å². The summed E-state index contributed by atoms with van der Waals surface area (Å²) >= 11 is 0. The van der Waals surface area contributed by atoms with Crippen LogP contribution in [0.1, 0.15) is 0 Å². The largest absolute Gasteiger partial charge is 0.463 e. The lowest BCUT2D eigenvalue weighted by atomic mass is 10.5. The van der Waals surface area contributed by atoms with E-state index in [0.29, 0.717) is 5.06 Å². The molecular formula is C5H5NO3. The van der Waals surface area contributed by atoms with Gasteiger partial charge in [-0.25, -0.2) is 4.79 Å². The van der Waals surface area contributed by atoms with Gasteiger partial charge in [0, 0.05) is 0 Å². The summed E-state index contributed by atoms with van der Waals surface area (Å²) < 4.78 is 0. The van der Waals surface area contributed by atoms with Crippen molar-refractivity contribution in [3.63, 3.8) is 0 Å². The second-order valence-corrected chi connectivity index (χ2v) is 1.38. The van der Waals surface area contributed by atoms with Crippen LogP contribution in [-0.4, -0.2) is 16.3 Å². The summed E-state index contributed by atoms with van der Waals surface area (Å²) in [5.74, 6) is 0. The fraction of sp³-hybridized carbons (Fsp3) is 0. The molecule has 1 aliphatic heterocycles. The number of hydroxylamine groups is 2. The Morgan fingerprint density at radius 2 is 2.33 bits per heavy atom. The van der Waals surface area contributed by atoms with E-state index in [0.717, 1.165) is 0 Å². The number of allylic oxidation sites excluding steroid dienone is 2. The molecule has 0 radical (unpaired) electrons. The lowest BCUT2D eigenvalue weighted by Crippen LogP contribution is -2.22. The van der Waals surface area contributed by atoms with Gasteiger partial charge in [0.25, 0.3) is 0 Å². The summed E-state index contributed by atoms with van der Waals surface area (Å²) in [6.07, 6.45) is 4.63. The van der Waals surface area contributed by atoms with E-state index in [1.807, 2.05) is 0 Å². The van der Waals surface area contributed by atoms with E-state index < -0.39 is 6.09 Å². The molecule has 0 saturated heterocycles. The Morgan fingerprint density at radius 3 is 2.67 bits per heavy atom. The van der Waals surface area contributed by atoms with E-state index in [1.54, 1.807) is 12.2 Å². The zero-order chi connectivity index (χ0) is 6.69. The number of rotatable bonds is 0. The normalized spacial score (nSPS) is 15.3. The summed E-state index contributed by atoms with van der Waals surface area (Å²) in [4.78, 5) is 14.6. The monoisotopic (exact) mass is 127 g/mol. The molecule has 0 spiro atoms. The first-order valence-corrected chi connectivity index (χ1v) is 2.33. The maximum atomic E-state index is 10.1. The predicted octanol–water partition coefficient (Wildman–Crippen LogP) is 0.939. The third-order valence-electron chi connectivity index (χ3n) is 0.774. The van der Waals surface area contributed by atoms with Crippen LogP contribution in [0.4, 0.5) is 4.79 Å². The molecule has 1 aliphatic rings. The van der Waals surface area contributed by atoms with Crippen molar-refractivity contribution in [3.05, 3.63) is 24.6 Å². The number of nitrogens with zero attached hydrogens (tertiary/aromatic N) is 1. The van der Waals surface area contributed by atoms with Crippen molar-refractivity contribution in [3.8, 4) is 0 Å². The number of amides is 1. The van der Waals surface area contributed by atoms with E-state index in [9.17, 15) is 4.79 Å². The van der Waals surface area contributed by atoms with Gasteiger partial charge in [0.15, 0.2) is 0 Å². The van der Waals surface area contributed by atoms with Crippen molar-refractivity contribution in [1.82, 2.24) is 5.06 Å². The summed E-state index contributed by atoms with van der Waals surface area (Å²) in [5, 5.41) is 8.96. The minimum atomic E-state index is -1.13. The zero-order valence-electron chi connectivity index (χ0n) is 4.52. The molecule has 1 amide bonds. The van der Waals surface area contributed by atoms with Crippen molar-refractivity contribution in [2.75, 3.05) is 0 Å². The van der Waals surface area contributed by atoms with Crippen molar-refractivity contribution in [2.24, 2.45) is 0 Å². The van der Waals surface area contributed by atoms with Gasteiger partial charge < -0.3 is 9.94 Å². The highest BCUT2D eigenvalue weighted by atomic mass is 16.7. The smallest absolute Gasteiger partial charge is 0.445 e. The van der Waals surface area contributed by atoms with E-state index >= 15 is 0 Å². The lowest BCUT2D eigenvalue weighted by molar-refractivity contribution is -0.0378. The molecule has 4 nitrogen and oxygen atoms in total. The van der Waals surface area contributed by atoms with Gasteiger partial charge in [-0.05, 0) is 12.2 Å². The predicted molar refractivity (Wildman–Crippen MR) is 29.2 cm³/mol. The third-order valence-corrected chi connectivity index (χ3v) is 0.774. The van der Waals surface area contributed by atoms with Crippen LogP contribution in [0, 0.1) is 0 Å². The van der Waals surface area contributed by atoms with Crippen LogP contribution in [0.3, 0.4) is 0 Å². The maximum Gasteiger partial charge on any atom is 0.445 e. The van der Waals surface area contributed by atoms with Crippen LogP contribution in [0.15, 0.2) is 24.6 Å². The standard InChI is InChI=1S/C5H5NO3/c7-5(8)6-3-1-2-4-9-6/h1-4H,(H,7,8). The van der Waals surface area contributed by atoms with Gasteiger partial charge in [-0.1, -0.05) is 0 Å². The average Bonchev–Trinajstić information content (AvgIpc) is 1.90. The Kier molecular flexibility index (Phi) is 1.40. The van der Waals surface area contributed by atoms with Crippen molar-refractivity contribution in [2.45, 2.75) is 0 Å². The Labute approximate surface area is 51.6 Å². The van der Waals surface area contributed by atoms with Gasteiger partial charge >= 0.3 is 6.09 Å². The quantitative estimate of drug-likeness (QED) is 0.526. The number of hydrogen-bond acceptors (Lipinski definition) is 2. The fourth-order valence-corrected chi connectivity index (χ4v) is 0.418. The Balaban J connectivity index is 2.56. The Bertz CT molecular complexity index is 173. The van der Waals surface area contributed by atoms with E-state index in [4.69, 9.17) is 5.11 Å². The maximum absolute atomic E-state index is 10.1. The van der Waals surface area contributed by atoms with E-state index in [-0.39, 0.29) is 0 Å². The van der Waals surface area contributed by atoms with Crippen molar-refractivity contribution in [1.29, 1.82) is 0 Å². The summed E-state index contributed by atoms with van der Waals surface area (Å²) in [6.45, 7) is 0. The van der Waals surface area contributed by atoms with E-state index in [2.05, 4.69) is 4.84 Å². The highest BCUT2D eigenvalue weighted by Gasteiger charge is 2.07. The SMILES string of the molecule is O=C(O)N1C=CC=CO1. The molecule has 0 aromatic heterocycles. The van der Waals surface area contributed by atoms with Crippen LogP contribution < -0.4 is 0 Å². The molecule has 0 fully saturated rings. The number of carboxylic acid groups (broad SMARTS) is 1. The topological polar surface area (TPSA) is 49.8 Å². The molecular weight excluding hydrogens is 122 g/mol. The van der Waals surface area contributed by atoms with Crippen molar-refractivity contribution >= 4 is 6.09 Å². The van der Waals surface area contributed by atoms with Crippen LogP contribution in [0.2, 0.25) is 0 Å². The lowest BCUT2D eigenvalue weighted by Gasteiger charge is -2.12. The highest BCUT2D eigenvalue weighted by Crippen LogP contribution is 1.99. The molecule has 9 heavy (non-hydrogen) atoms. The zero-order valence-corrected chi connectivity index (χ0v) is 4.52. The minimum absolute atomic E-state index is 0.708. The Morgan fingerprint density at radius 1 is 1.56 bits per heavy atom. The van der Waals surface area contributed by atoms with E-state index in [1.165, 1.54) is 12.5 Å². The molecule has 0 unspecified atom stereocenters. The van der Waals surface area contributed by atoms with Gasteiger partial charge in [-0.3, -0.25) is 0 Å². The van der Waals surface area contributed by atoms with Crippen molar-refractivity contribution < 1.29 is 14.7 Å². The average molecular weight is 127 g/mol. The fourth-order valence-electron chi connectivity index (χ4n) is 0.418. The Hall–Kier alpha value is -1.45. The molecule has 1 heterocycles. The van der Waals surface area contributed by atoms with Gasteiger partial charge in [0.1, 0.15) is 6.26 Å². The molecule has 1 N–H and O–H groups in total. The molecule has 0 aromatic carbocycles. The minimum Gasteiger partial charge on any atom is -0.463 e. The van der Waals surface area contributed by atoms with Gasteiger partial charge in [0.05, 0.1) is 6.20 Å². The van der Waals surface area contributed by atoms with Crippen LogP contribution in [-0.2, 0) is 4.84 Å². The first kappa shape index (κ1) is 5.68. The molecule has 0 aromatic rings. The molecule has 0 atom stereocenters. The third kappa shape index (κ3) is 1.22. The number of hydrogen-bond donors (Lipinski definition) is 1. The molecule has 0 aliphatic carbocycles. The highest BCUT2D eigenvalue weighted by molar-refractivity contribution is 5.65. The molecule has 1 rings (SSSR count). The number of carbonyl (C=O) groups is 1. The first-order valence-electron chi connectivity index (χ1n) is 2.33. The second-order valence-electron chi connectivity index (χ2n) is 1.38. The van der Waals surface area contributed by atoms with Crippen LogP contribution in [0.5, 0.6) is 0 Å². The first-order chi connectivity index (χ1) is 4.30. The molecule has 0 bridgehead atoms. The molecule has 48 valence electrons. The second kappa shape index (κ2) is 2.21. The van der Waals surface area contributed by atoms with Gasteiger partial charge in [-0.2, -0.15) is 0 Å². The summed E-state index contributed by atoms with van der Waals surface area (Å²) in [6, 6.07) is 0. The summed E-state index contributed by atoms with van der Waals surface area (Å²) in [5.41, 5.74) is 0. The van der Waals surface area contributed by atoms with Gasteiger partial charge in [0.2, 0.25) is 0 Å². The van der Waals surface area contributed by atoms with Crippen LogP contribution in [0.25, 0.3) is 0 Å². The van der Waals surface area contributed by atoms with Gasteiger partial charge in [-0.15, -0.1) is 5.06 Å². The summed E-state index contributed by atoms with van der Waals surface area (Å²) in [7, 11) is 0.